The first-order valence-electron chi connectivity index (χ1n) is 8.22. The summed E-state index contributed by atoms with van der Waals surface area (Å²) in [6.07, 6.45) is 2.74. The topological polar surface area (TPSA) is 89.2 Å². The molecule has 3 aromatic rings. The SMILES string of the molecule is Cc1cc(C)n(-c2ccccc2NC(=O)[C@H](C)NC(=O)c2ccoc2)n1. The zero-order chi connectivity index (χ0) is 18.7. The van der Waals surface area contributed by atoms with E-state index >= 15 is 0 Å². The zero-order valence-corrected chi connectivity index (χ0v) is 14.8. The van der Waals surface area contributed by atoms with E-state index in [2.05, 4.69) is 15.7 Å². The van der Waals surface area contributed by atoms with Gasteiger partial charge in [-0.25, -0.2) is 4.68 Å². The molecule has 3 rings (SSSR count). The van der Waals surface area contributed by atoms with Crippen LogP contribution >= 0.6 is 0 Å². The first kappa shape index (κ1) is 17.5. The molecule has 7 heteroatoms. The number of furan rings is 1. The highest BCUT2D eigenvalue weighted by atomic mass is 16.3. The van der Waals surface area contributed by atoms with Crippen molar-refractivity contribution in [1.29, 1.82) is 0 Å². The Kier molecular flexibility index (Phi) is 4.88. The molecule has 2 N–H and O–H groups in total. The quantitative estimate of drug-likeness (QED) is 0.739. The molecule has 2 aromatic heterocycles. The summed E-state index contributed by atoms with van der Waals surface area (Å²) in [5, 5.41) is 9.96. The van der Waals surface area contributed by atoms with Crippen molar-refractivity contribution < 1.29 is 14.0 Å². The Morgan fingerprint density at radius 1 is 1.19 bits per heavy atom. The van der Waals surface area contributed by atoms with E-state index < -0.39 is 6.04 Å². The molecular formula is C19H20N4O3. The number of rotatable bonds is 5. The molecule has 0 bridgehead atoms. The number of benzene rings is 1. The lowest BCUT2D eigenvalue weighted by Gasteiger charge is -2.16. The normalized spacial score (nSPS) is 11.8. The van der Waals surface area contributed by atoms with Crippen molar-refractivity contribution >= 4 is 17.5 Å². The van der Waals surface area contributed by atoms with Crippen LogP contribution in [0.4, 0.5) is 5.69 Å². The third kappa shape index (κ3) is 3.66. The highest BCUT2D eigenvalue weighted by Crippen LogP contribution is 2.21. The summed E-state index contributed by atoms with van der Waals surface area (Å²) in [7, 11) is 0. The van der Waals surface area contributed by atoms with Gasteiger partial charge in [0.2, 0.25) is 5.91 Å². The van der Waals surface area contributed by atoms with Gasteiger partial charge in [-0.1, -0.05) is 12.1 Å². The Bertz CT molecular complexity index is 928. The molecule has 0 saturated heterocycles. The second-order valence-electron chi connectivity index (χ2n) is 6.05. The number of amides is 2. The second-order valence-corrected chi connectivity index (χ2v) is 6.05. The number of carbonyl (C=O) groups excluding carboxylic acids is 2. The molecular weight excluding hydrogens is 332 g/mol. The Morgan fingerprint density at radius 2 is 1.96 bits per heavy atom. The fourth-order valence-corrected chi connectivity index (χ4v) is 2.62. The molecule has 0 radical (unpaired) electrons. The van der Waals surface area contributed by atoms with E-state index in [1.807, 2.05) is 38.1 Å². The monoisotopic (exact) mass is 352 g/mol. The molecule has 1 atom stereocenters. The Balaban J connectivity index is 1.75. The van der Waals surface area contributed by atoms with Crippen LogP contribution in [0.15, 0.2) is 53.3 Å². The third-order valence-electron chi connectivity index (χ3n) is 3.92. The number of carbonyl (C=O) groups is 2. The Morgan fingerprint density at radius 3 is 2.62 bits per heavy atom. The van der Waals surface area contributed by atoms with Gasteiger partial charge in [0.1, 0.15) is 12.3 Å². The largest absolute Gasteiger partial charge is 0.472 e. The van der Waals surface area contributed by atoms with Gasteiger partial charge >= 0.3 is 0 Å². The fourth-order valence-electron chi connectivity index (χ4n) is 2.62. The van der Waals surface area contributed by atoms with Gasteiger partial charge in [-0.3, -0.25) is 9.59 Å². The molecule has 0 spiro atoms. The number of aryl methyl sites for hydroxylation is 2. The van der Waals surface area contributed by atoms with Gasteiger partial charge in [0.15, 0.2) is 0 Å². The Labute approximate surface area is 151 Å². The Hall–Kier alpha value is -3.35. The van der Waals surface area contributed by atoms with Gasteiger partial charge in [0.05, 0.1) is 28.9 Å². The van der Waals surface area contributed by atoms with Crippen LogP contribution < -0.4 is 10.6 Å². The standard InChI is InChI=1S/C19H20N4O3/c1-12-10-13(2)23(22-12)17-7-5-4-6-16(17)21-18(24)14(3)20-19(25)15-8-9-26-11-15/h4-11,14H,1-3H3,(H,20,25)(H,21,24)/t14-/m0/s1. The highest BCUT2D eigenvalue weighted by Gasteiger charge is 2.19. The summed E-state index contributed by atoms with van der Waals surface area (Å²) >= 11 is 0. The fraction of sp³-hybridized carbons (Fsp3) is 0.211. The first-order valence-corrected chi connectivity index (χ1v) is 8.22. The predicted molar refractivity (Wildman–Crippen MR) is 97.3 cm³/mol. The van der Waals surface area contributed by atoms with Crippen molar-refractivity contribution in [2.24, 2.45) is 0 Å². The van der Waals surface area contributed by atoms with Crippen molar-refractivity contribution in [2.45, 2.75) is 26.8 Å². The summed E-state index contributed by atoms with van der Waals surface area (Å²) in [4.78, 5) is 24.6. The molecule has 0 aliphatic heterocycles. The summed E-state index contributed by atoms with van der Waals surface area (Å²) in [6.45, 7) is 5.49. The summed E-state index contributed by atoms with van der Waals surface area (Å²) in [5.74, 6) is -0.691. The molecule has 26 heavy (non-hydrogen) atoms. The van der Waals surface area contributed by atoms with Crippen LogP contribution in [-0.2, 0) is 4.79 Å². The summed E-state index contributed by atoms with van der Waals surface area (Å²) < 4.78 is 6.66. The molecule has 0 fully saturated rings. The molecule has 1 aromatic carbocycles. The molecule has 134 valence electrons. The van der Waals surface area contributed by atoms with Crippen molar-refractivity contribution in [1.82, 2.24) is 15.1 Å². The molecule has 2 heterocycles. The van der Waals surface area contributed by atoms with Crippen molar-refractivity contribution in [2.75, 3.05) is 5.32 Å². The van der Waals surface area contributed by atoms with Gasteiger partial charge in [-0.15, -0.1) is 0 Å². The van der Waals surface area contributed by atoms with Crippen LogP contribution in [0.5, 0.6) is 0 Å². The van der Waals surface area contributed by atoms with Gasteiger partial charge in [0, 0.05) is 5.69 Å². The number of anilines is 1. The number of nitrogens with one attached hydrogen (secondary N) is 2. The number of hydrogen-bond acceptors (Lipinski definition) is 4. The number of hydrogen-bond donors (Lipinski definition) is 2. The maximum Gasteiger partial charge on any atom is 0.255 e. The minimum atomic E-state index is -0.717. The van der Waals surface area contributed by atoms with E-state index in [1.165, 1.54) is 18.6 Å². The lowest BCUT2D eigenvalue weighted by atomic mass is 10.2. The summed E-state index contributed by atoms with van der Waals surface area (Å²) in [5.41, 5.74) is 3.61. The van der Waals surface area contributed by atoms with Crippen molar-refractivity contribution in [3.8, 4) is 5.69 Å². The van der Waals surface area contributed by atoms with Crippen LogP contribution in [0.3, 0.4) is 0 Å². The van der Waals surface area contributed by atoms with E-state index in [9.17, 15) is 9.59 Å². The second kappa shape index (κ2) is 7.26. The van der Waals surface area contributed by atoms with Crippen molar-refractivity contribution in [3.63, 3.8) is 0 Å². The van der Waals surface area contributed by atoms with Crippen LogP contribution in [-0.4, -0.2) is 27.6 Å². The number of nitrogens with zero attached hydrogens (tertiary/aromatic N) is 2. The van der Waals surface area contributed by atoms with Gasteiger partial charge < -0.3 is 15.1 Å². The average molecular weight is 352 g/mol. The van der Waals surface area contributed by atoms with Crippen molar-refractivity contribution in [3.05, 3.63) is 65.9 Å². The number of para-hydroxylation sites is 2. The predicted octanol–water partition coefficient (Wildman–Crippen LogP) is 2.84. The van der Waals surface area contributed by atoms with E-state index in [0.717, 1.165) is 17.1 Å². The van der Waals surface area contributed by atoms with Crippen LogP contribution in [0.1, 0.15) is 28.7 Å². The smallest absolute Gasteiger partial charge is 0.255 e. The molecule has 0 aliphatic carbocycles. The molecule has 7 nitrogen and oxygen atoms in total. The number of aromatic nitrogens is 2. The molecule has 0 aliphatic rings. The van der Waals surface area contributed by atoms with E-state index in [-0.39, 0.29) is 11.8 Å². The highest BCUT2D eigenvalue weighted by molar-refractivity contribution is 6.01. The maximum absolute atomic E-state index is 12.5. The maximum atomic E-state index is 12.5. The van der Waals surface area contributed by atoms with Crippen LogP contribution in [0.2, 0.25) is 0 Å². The van der Waals surface area contributed by atoms with Gasteiger partial charge in [-0.2, -0.15) is 5.10 Å². The van der Waals surface area contributed by atoms with Gasteiger partial charge in [-0.05, 0) is 45.0 Å². The van der Waals surface area contributed by atoms with Crippen LogP contribution in [0.25, 0.3) is 5.69 Å². The average Bonchev–Trinajstić information content (AvgIpc) is 3.25. The molecule has 2 amide bonds. The molecule has 0 unspecified atom stereocenters. The van der Waals surface area contributed by atoms with E-state index in [1.54, 1.807) is 17.7 Å². The first-order chi connectivity index (χ1) is 12.5. The van der Waals surface area contributed by atoms with Crippen LogP contribution in [0, 0.1) is 13.8 Å². The minimum Gasteiger partial charge on any atom is -0.472 e. The van der Waals surface area contributed by atoms with Gasteiger partial charge in [0.25, 0.3) is 5.91 Å². The zero-order valence-electron chi connectivity index (χ0n) is 14.8. The lowest BCUT2D eigenvalue weighted by molar-refractivity contribution is -0.117. The van der Waals surface area contributed by atoms with E-state index in [4.69, 9.17) is 4.42 Å². The summed E-state index contributed by atoms with van der Waals surface area (Å²) in [6, 6.07) is 10.2. The lowest BCUT2D eigenvalue weighted by Crippen LogP contribution is -2.41. The van der Waals surface area contributed by atoms with E-state index in [0.29, 0.717) is 11.3 Å². The third-order valence-corrected chi connectivity index (χ3v) is 3.92. The minimum absolute atomic E-state index is 0.323. The molecule has 0 saturated carbocycles.